The summed E-state index contributed by atoms with van der Waals surface area (Å²) in [7, 11) is -0.814. The van der Waals surface area contributed by atoms with Crippen molar-refractivity contribution in [3.63, 3.8) is 0 Å². The maximum absolute atomic E-state index is 10.5. The first-order valence-electron chi connectivity index (χ1n) is 5.76. The van der Waals surface area contributed by atoms with E-state index >= 15 is 0 Å². The first kappa shape index (κ1) is 14.8. The third-order valence-corrected chi connectivity index (χ3v) is 3.16. The molecule has 1 unspecified atom stereocenters. The van der Waals surface area contributed by atoms with Crippen molar-refractivity contribution in [2.45, 2.75) is 19.4 Å². The Morgan fingerprint density at radius 1 is 1.33 bits per heavy atom. The molecule has 0 heterocycles. The number of ether oxygens (including phenoxy) is 2. The first-order chi connectivity index (χ1) is 8.58. The predicted octanol–water partition coefficient (Wildman–Crippen LogP) is 1.10. The molecule has 0 aliphatic heterocycles. The lowest BCUT2D eigenvalue weighted by atomic mass is 10.0. The Kier molecular flexibility index (Phi) is 5.94. The second-order valence-corrected chi connectivity index (χ2v) is 4.91. The van der Waals surface area contributed by atoms with Gasteiger partial charge in [0.05, 0.1) is 13.7 Å². The molecule has 0 aliphatic rings. The number of nitrogens with two attached hydrogens (primary N) is 1. The highest BCUT2D eigenvalue weighted by Crippen LogP contribution is 2.30. The molecule has 0 amide bonds. The zero-order valence-electron chi connectivity index (χ0n) is 10.6. The van der Waals surface area contributed by atoms with E-state index in [2.05, 4.69) is 0 Å². The molecule has 18 heavy (non-hydrogen) atoms. The summed E-state index contributed by atoms with van der Waals surface area (Å²) in [5.74, 6) is 1.36. The normalized spacial score (nSPS) is 12.4. The summed E-state index contributed by atoms with van der Waals surface area (Å²) in [4.78, 5) is 0. The van der Waals surface area contributed by atoms with E-state index < -0.39 is 10.7 Å². The molecule has 2 N–H and O–H groups in total. The molecular formula is C12H19NO4S. The van der Waals surface area contributed by atoms with Crippen LogP contribution in [0.2, 0.25) is 0 Å². The molecule has 0 saturated carbocycles. The van der Waals surface area contributed by atoms with Gasteiger partial charge < -0.3 is 15.2 Å². The summed E-state index contributed by atoms with van der Waals surface area (Å²) in [6, 6.07) is 5.08. The van der Waals surface area contributed by atoms with Crippen LogP contribution in [0.1, 0.15) is 24.9 Å². The van der Waals surface area contributed by atoms with Crippen molar-refractivity contribution in [2.24, 2.45) is 5.73 Å². The van der Waals surface area contributed by atoms with Gasteiger partial charge in [-0.15, -0.1) is 0 Å². The SMILES string of the molecule is CCOc1cc(C(N)CC[SH](=O)=O)ccc1OC. The van der Waals surface area contributed by atoms with Gasteiger partial charge >= 0.3 is 0 Å². The van der Waals surface area contributed by atoms with Gasteiger partial charge in [-0.05, 0) is 31.0 Å². The third kappa shape index (κ3) is 4.19. The molecule has 0 aliphatic carbocycles. The largest absolute Gasteiger partial charge is 0.493 e. The number of benzene rings is 1. The summed E-state index contributed by atoms with van der Waals surface area (Å²) < 4.78 is 31.7. The summed E-state index contributed by atoms with van der Waals surface area (Å²) in [5.41, 5.74) is 6.78. The molecule has 1 aromatic carbocycles. The number of hydrogen-bond donors (Lipinski definition) is 2. The fourth-order valence-electron chi connectivity index (χ4n) is 1.60. The van der Waals surface area contributed by atoms with Crippen molar-refractivity contribution in [1.82, 2.24) is 0 Å². The van der Waals surface area contributed by atoms with Crippen LogP contribution >= 0.6 is 0 Å². The molecule has 0 bridgehead atoms. The molecule has 102 valence electrons. The fourth-order valence-corrected chi connectivity index (χ4v) is 2.09. The second-order valence-electron chi connectivity index (χ2n) is 3.79. The zero-order valence-corrected chi connectivity index (χ0v) is 11.5. The Balaban J connectivity index is 2.85. The van der Waals surface area contributed by atoms with Crippen molar-refractivity contribution in [1.29, 1.82) is 0 Å². The molecule has 6 heteroatoms. The van der Waals surface area contributed by atoms with E-state index in [-0.39, 0.29) is 11.8 Å². The van der Waals surface area contributed by atoms with Gasteiger partial charge in [-0.3, -0.25) is 0 Å². The summed E-state index contributed by atoms with van der Waals surface area (Å²) in [6.45, 7) is 2.41. The van der Waals surface area contributed by atoms with E-state index in [1.165, 1.54) is 0 Å². The first-order valence-corrected chi connectivity index (χ1v) is 7.12. The average Bonchev–Trinajstić information content (AvgIpc) is 2.36. The Morgan fingerprint density at radius 3 is 2.61 bits per heavy atom. The van der Waals surface area contributed by atoms with Gasteiger partial charge in [0, 0.05) is 11.8 Å². The van der Waals surface area contributed by atoms with E-state index in [1.54, 1.807) is 19.2 Å². The molecule has 1 aromatic rings. The van der Waals surface area contributed by atoms with Crippen LogP contribution in [0.4, 0.5) is 0 Å². The van der Waals surface area contributed by atoms with Gasteiger partial charge in [-0.2, -0.15) is 0 Å². The van der Waals surface area contributed by atoms with Crippen LogP contribution in [0.25, 0.3) is 0 Å². The topological polar surface area (TPSA) is 78.6 Å². The lowest BCUT2D eigenvalue weighted by Gasteiger charge is -2.14. The van der Waals surface area contributed by atoms with E-state index in [0.717, 1.165) is 5.56 Å². The van der Waals surface area contributed by atoms with Crippen molar-refractivity contribution < 1.29 is 17.9 Å². The lowest BCUT2D eigenvalue weighted by molar-refractivity contribution is 0.310. The van der Waals surface area contributed by atoms with Crippen molar-refractivity contribution in [2.75, 3.05) is 19.5 Å². The van der Waals surface area contributed by atoms with Crippen LogP contribution in [-0.4, -0.2) is 27.9 Å². The highest BCUT2D eigenvalue weighted by molar-refractivity contribution is 7.72. The maximum Gasteiger partial charge on any atom is 0.161 e. The maximum atomic E-state index is 10.5. The summed E-state index contributed by atoms with van der Waals surface area (Å²) >= 11 is 0. The lowest BCUT2D eigenvalue weighted by Crippen LogP contribution is -2.12. The smallest absolute Gasteiger partial charge is 0.161 e. The summed E-state index contributed by atoms with van der Waals surface area (Å²) in [6.07, 6.45) is 0.399. The third-order valence-electron chi connectivity index (χ3n) is 2.54. The standard InChI is InChI=1S/C12H19NO4S/c1-3-17-12-8-9(4-5-11(12)16-2)10(13)6-7-18(14)15/h4-5,8,10,18H,3,6-7,13H2,1-2H3. The Labute approximate surface area is 109 Å². The van der Waals surface area contributed by atoms with Gasteiger partial charge in [0.2, 0.25) is 0 Å². The molecule has 5 nitrogen and oxygen atoms in total. The molecule has 1 atom stereocenters. The minimum Gasteiger partial charge on any atom is -0.493 e. The van der Waals surface area contributed by atoms with Gasteiger partial charge in [-0.25, -0.2) is 8.42 Å². The molecule has 0 spiro atoms. The summed E-state index contributed by atoms with van der Waals surface area (Å²) in [5, 5.41) is 0. The second kappa shape index (κ2) is 7.23. The quantitative estimate of drug-likeness (QED) is 0.727. The molecular weight excluding hydrogens is 254 g/mol. The monoisotopic (exact) mass is 273 g/mol. The van der Waals surface area contributed by atoms with E-state index in [9.17, 15) is 8.42 Å². The van der Waals surface area contributed by atoms with Gasteiger partial charge in [0.1, 0.15) is 10.7 Å². The number of hydrogen-bond acceptors (Lipinski definition) is 5. The minimum absolute atomic E-state index is 0.0898. The van der Waals surface area contributed by atoms with Crippen LogP contribution in [0.3, 0.4) is 0 Å². The van der Waals surface area contributed by atoms with Gasteiger partial charge in [-0.1, -0.05) is 6.07 Å². The zero-order chi connectivity index (χ0) is 13.5. The number of methoxy groups -OCH3 is 1. The van der Waals surface area contributed by atoms with E-state index in [0.29, 0.717) is 24.5 Å². The van der Waals surface area contributed by atoms with E-state index in [4.69, 9.17) is 15.2 Å². The van der Waals surface area contributed by atoms with Crippen molar-refractivity contribution >= 4 is 10.7 Å². The van der Waals surface area contributed by atoms with Crippen LogP contribution in [0.15, 0.2) is 18.2 Å². The van der Waals surface area contributed by atoms with Crippen LogP contribution < -0.4 is 15.2 Å². The number of thiol groups is 1. The van der Waals surface area contributed by atoms with Crippen LogP contribution in [0.5, 0.6) is 11.5 Å². The van der Waals surface area contributed by atoms with E-state index in [1.807, 2.05) is 13.0 Å². The van der Waals surface area contributed by atoms with Crippen LogP contribution in [-0.2, 0) is 10.7 Å². The van der Waals surface area contributed by atoms with Crippen molar-refractivity contribution in [3.05, 3.63) is 23.8 Å². The Hall–Kier alpha value is -1.27. The minimum atomic E-state index is -2.38. The predicted molar refractivity (Wildman–Crippen MR) is 70.9 cm³/mol. The van der Waals surface area contributed by atoms with Crippen LogP contribution in [0, 0.1) is 0 Å². The number of rotatable bonds is 7. The molecule has 0 radical (unpaired) electrons. The molecule has 1 rings (SSSR count). The molecule has 0 fully saturated rings. The Morgan fingerprint density at radius 2 is 2.06 bits per heavy atom. The molecule has 0 aromatic heterocycles. The fraction of sp³-hybridized carbons (Fsp3) is 0.500. The highest BCUT2D eigenvalue weighted by Gasteiger charge is 2.11. The van der Waals surface area contributed by atoms with Gasteiger partial charge in [0.15, 0.2) is 11.5 Å². The van der Waals surface area contributed by atoms with Gasteiger partial charge in [0.25, 0.3) is 0 Å². The Bertz CT molecular complexity index is 451. The highest BCUT2D eigenvalue weighted by atomic mass is 32.2. The van der Waals surface area contributed by atoms with Crippen molar-refractivity contribution in [3.8, 4) is 11.5 Å². The average molecular weight is 273 g/mol. The molecule has 0 saturated heterocycles.